The van der Waals surface area contributed by atoms with E-state index in [-0.39, 0.29) is 0 Å². The van der Waals surface area contributed by atoms with Crippen LogP contribution in [-0.4, -0.2) is 16.3 Å². The van der Waals surface area contributed by atoms with E-state index in [4.69, 9.17) is 0 Å². The van der Waals surface area contributed by atoms with Gasteiger partial charge >= 0.3 is 0 Å². The van der Waals surface area contributed by atoms with Crippen LogP contribution >= 0.6 is 0 Å². The molecule has 0 amide bonds. The van der Waals surface area contributed by atoms with Crippen LogP contribution in [0.3, 0.4) is 0 Å². The summed E-state index contributed by atoms with van der Waals surface area (Å²) in [6, 6.07) is 18.4. The van der Waals surface area contributed by atoms with Gasteiger partial charge in [-0.15, -0.1) is 0 Å². The van der Waals surface area contributed by atoms with Gasteiger partial charge in [-0.25, -0.2) is 0 Å². The fraction of sp³-hybridized carbons (Fsp3) is 0.125. The molecule has 0 aliphatic rings. The summed E-state index contributed by atoms with van der Waals surface area (Å²) in [5.41, 5.74) is 1.48. The quantitative estimate of drug-likeness (QED) is 0.787. The molecule has 2 aromatic carbocycles. The summed E-state index contributed by atoms with van der Waals surface area (Å²) in [6.07, 6.45) is -2.07. The summed E-state index contributed by atoms with van der Waals surface area (Å²) < 4.78 is 0. The molecule has 2 rings (SSSR count). The Balaban J connectivity index is 2.09. The van der Waals surface area contributed by atoms with Crippen LogP contribution in [0.2, 0.25) is 0 Å². The highest BCUT2D eigenvalue weighted by molar-refractivity contribution is 5.35. The third-order valence-corrected chi connectivity index (χ3v) is 2.58. The van der Waals surface area contributed by atoms with Gasteiger partial charge in [0.2, 0.25) is 0 Å². The second-order valence-corrected chi connectivity index (χ2v) is 3.94. The van der Waals surface area contributed by atoms with Crippen LogP contribution < -0.4 is 0 Å². The predicted octanol–water partition coefficient (Wildman–Crippen LogP) is 2.13. The number of rotatable bonds is 2. The molecule has 2 aromatic rings. The number of aliphatic hydroxyl groups excluding tert-OH is 2. The van der Waals surface area contributed by atoms with Crippen molar-refractivity contribution in [3.8, 4) is 11.8 Å². The normalized spacial score (nSPS) is 13.2. The van der Waals surface area contributed by atoms with Gasteiger partial charge in [0, 0.05) is 5.56 Å². The van der Waals surface area contributed by atoms with Crippen molar-refractivity contribution in [2.24, 2.45) is 0 Å². The maximum absolute atomic E-state index is 9.91. The topological polar surface area (TPSA) is 40.5 Å². The van der Waals surface area contributed by atoms with Crippen LogP contribution in [-0.2, 0) is 0 Å². The monoisotopic (exact) mass is 238 g/mol. The van der Waals surface area contributed by atoms with E-state index in [1.807, 2.05) is 48.5 Å². The lowest BCUT2D eigenvalue weighted by molar-refractivity contribution is 0.0540. The van der Waals surface area contributed by atoms with Crippen LogP contribution in [0.15, 0.2) is 60.7 Å². The Labute approximate surface area is 107 Å². The molecule has 2 heteroatoms. The van der Waals surface area contributed by atoms with Crippen molar-refractivity contribution in [1.29, 1.82) is 0 Å². The molecule has 90 valence electrons. The zero-order valence-corrected chi connectivity index (χ0v) is 9.82. The molecule has 0 saturated carbocycles. The average molecular weight is 238 g/mol. The van der Waals surface area contributed by atoms with Gasteiger partial charge in [0.05, 0.1) is 0 Å². The molecule has 2 nitrogen and oxygen atoms in total. The van der Waals surface area contributed by atoms with E-state index in [2.05, 4.69) is 11.8 Å². The van der Waals surface area contributed by atoms with E-state index in [1.54, 1.807) is 12.1 Å². The summed E-state index contributed by atoms with van der Waals surface area (Å²) in [4.78, 5) is 0. The molecule has 0 aromatic heterocycles. The maximum Gasteiger partial charge on any atom is 0.145 e. The van der Waals surface area contributed by atoms with E-state index in [0.717, 1.165) is 5.56 Å². The van der Waals surface area contributed by atoms with Gasteiger partial charge in [0.15, 0.2) is 0 Å². The molecule has 0 aliphatic heterocycles. The van der Waals surface area contributed by atoms with Crippen molar-refractivity contribution in [3.05, 3.63) is 71.8 Å². The first-order chi connectivity index (χ1) is 8.77. The molecular formula is C16H14O2. The van der Waals surface area contributed by atoms with Crippen molar-refractivity contribution in [3.63, 3.8) is 0 Å². The first-order valence-corrected chi connectivity index (χ1v) is 5.75. The summed E-state index contributed by atoms with van der Waals surface area (Å²) in [5, 5.41) is 19.7. The van der Waals surface area contributed by atoms with Gasteiger partial charge in [-0.3, -0.25) is 0 Å². The molecule has 0 fully saturated rings. The average Bonchev–Trinajstić information content (AvgIpc) is 2.46. The second-order valence-electron chi connectivity index (χ2n) is 3.94. The fourth-order valence-corrected chi connectivity index (χ4v) is 1.59. The Kier molecular flexibility index (Phi) is 4.14. The molecule has 1 unspecified atom stereocenters. The highest BCUT2D eigenvalue weighted by atomic mass is 16.3. The van der Waals surface area contributed by atoms with Crippen LogP contribution in [0.1, 0.15) is 17.2 Å². The van der Waals surface area contributed by atoms with Crippen molar-refractivity contribution in [1.82, 2.24) is 0 Å². The Morgan fingerprint density at radius 2 is 1.33 bits per heavy atom. The minimum atomic E-state index is -1.09. The van der Waals surface area contributed by atoms with E-state index in [9.17, 15) is 10.2 Å². The fourth-order valence-electron chi connectivity index (χ4n) is 1.59. The predicted molar refractivity (Wildman–Crippen MR) is 70.7 cm³/mol. The summed E-state index contributed by atoms with van der Waals surface area (Å²) in [5.74, 6) is 5.49. The minimum absolute atomic E-state index is 0.660. The SMILES string of the molecule is OC(C#Cc1ccccc1)[C@@H](O)c1ccccc1. The van der Waals surface area contributed by atoms with Gasteiger partial charge < -0.3 is 10.2 Å². The number of hydrogen-bond acceptors (Lipinski definition) is 2. The summed E-state index contributed by atoms with van der Waals surface area (Å²) >= 11 is 0. The molecule has 0 bridgehead atoms. The second kappa shape index (κ2) is 6.02. The third kappa shape index (κ3) is 3.21. The molecule has 0 heterocycles. The molecular weight excluding hydrogens is 224 g/mol. The van der Waals surface area contributed by atoms with Crippen LogP contribution in [0.5, 0.6) is 0 Å². The van der Waals surface area contributed by atoms with E-state index >= 15 is 0 Å². The number of benzene rings is 2. The Morgan fingerprint density at radius 1 is 0.778 bits per heavy atom. The van der Waals surface area contributed by atoms with Crippen LogP contribution in [0, 0.1) is 11.8 Å². The standard InChI is InChI=1S/C16H14O2/c17-15(12-11-13-7-3-1-4-8-13)16(18)14-9-5-2-6-10-14/h1-10,15-18H/t15?,16-/m0/s1. The van der Waals surface area contributed by atoms with Crippen LogP contribution in [0.4, 0.5) is 0 Å². The lowest BCUT2D eigenvalue weighted by Crippen LogP contribution is -2.15. The molecule has 0 spiro atoms. The van der Waals surface area contributed by atoms with E-state index < -0.39 is 12.2 Å². The first kappa shape index (κ1) is 12.4. The first-order valence-electron chi connectivity index (χ1n) is 5.75. The van der Waals surface area contributed by atoms with E-state index in [1.165, 1.54) is 0 Å². The Hall–Kier alpha value is -2.08. The van der Waals surface area contributed by atoms with Crippen molar-refractivity contribution in [2.45, 2.75) is 12.2 Å². The summed E-state index contributed by atoms with van der Waals surface area (Å²) in [6.45, 7) is 0. The molecule has 2 atom stereocenters. The smallest absolute Gasteiger partial charge is 0.145 e. The van der Waals surface area contributed by atoms with Crippen molar-refractivity contribution >= 4 is 0 Å². The number of hydrogen-bond donors (Lipinski definition) is 2. The van der Waals surface area contributed by atoms with Crippen molar-refractivity contribution < 1.29 is 10.2 Å². The van der Waals surface area contributed by atoms with Gasteiger partial charge in [-0.1, -0.05) is 60.4 Å². The van der Waals surface area contributed by atoms with Gasteiger partial charge in [0.1, 0.15) is 12.2 Å². The molecule has 0 aliphatic carbocycles. The highest BCUT2D eigenvalue weighted by Gasteiger charge is 2.15. The van der Waals surface area contributed by atoms with Crippen molar-refractivity contribution in [2.75, 3.05) is 0 Å². The zero-order chi connectivity index (χ0) is 12.8. The lowest BCUT2D eigenvalue weighted by atomic mass is 10.0. The highest BCUT2D eigenvalue weighted by Crippen LogP contribution is 2.15. The van der Waals surface area contributed by atoms with Crippen LogP contribution in [0.25, 0.3) is 0 Å². The molecule has 18 heavy (non-hydrogen) atoms. The number of aliphatic hydroxyl groups is 2. The lowest BCUT2D eigenvalue weighted by Gasteiger charge is -2.12. The van der Waals surface area contributed by atoms with Gasteiger partial charge in [0.25, 0.3) is 0 Å². The molecule has 0 radical (unpaired) electrons. The maximum atomic E-state index is 9.91. The van der Waals surface area contributed by atoms with Gasteiger partial charge in [-0.2, -0.15) is 0 Å². The minimum Gasteiger partial charge on any atom is -0.385 e. The summed E-state index contributed by atoms with van der Waals surface area (Å²) in [7, 11) is 0. The Bertz CT molecular complexity index is 538. The van der Waals surface area contributed by atoms with E-state index in [0.29, 0.717) is 5.56 Å². The van der Waals surface area contributed by atoms with Gasteiger partial charge in [-0.05, 0) is 17.7 Å². The molecule has 2 N–H and O–H groups in total. The molecule has 0 saturated heterocycles. The largest absolute Gasteiger partial charge is 0.385 e. The Morgan fingerprint density at radius 3 is 1.94 bits per heavy atom. The zero-order valence-electron chi connectivity index (χ0n) is 9.82. The third-order valence-electron chi connectivity index (χ3n) is 2.58.